The second kappa shape index (κ2) is 76.9. The van der Waals surface area contributed by atoms with Crippen LogP contribution in [0.5, 0.6) is 0 Å². The van der Waals surface area contributed by atoms with Crippen molar-refractivity contribution in [2.75, 3.05) is 0 Å². The normalized spacial score (nSPS) is 2.14. The second-order valence-electron chi connectivity index (χ2n) is 0.604. The van der Waals surface area contributed by atoms with Gasteiger partial charge in [-0.25, -0.2) is 0 Å². The van der Waals surface area contributed by atoms with Gasteiger partial charge in [0.05, 0.1) is 0 Å². The maximum absolute atomic E-state index is 3.62. The van der Waals surface area contributed by atoms with E-state index in [9.17, 15) is 0 Å². The Kier molecular flexibility index (Phi) is 411. The summed E-state index contributed by atoms with van der Waals surface area (Å²) in [7, 11) is 1.03. The van der Waals surface area contributed by atoms with Gasteiger partial charge >= 0.3 is 0 Å². The molecule has 0 amide bonds. The molecule has 0 aliphatic heterocycles. The van der Waals surface area contributed by atoms with Crippen LogP contribution < -0.4 is 0 Å². The van der Waals surface area contributed by atoms with Crippen molar-refractivity contribution in [1.29, 1.82) is 0 Å². The van der Waals surface area contributed by atoms with Crippen molar-refractivity contribution in [2.24, 2.45) is 0 Å². The van der Waals surface area contributed by atoms with E-state index in [4.69, 9.17) is 0 Å². The Bertz CT molecular complexity index is 18.8. The molecule has 0 aliphatic rings. The predicted molar refractivity (Wildman–Crippen MR) is 28.2 cm³/mol. The van der Waals surface area contributed by atoms with Gasteiger partial charge in [0.15, 0.2) is 0 Å². The molecule has 0 N–H and O–H groups in total. The van der Waals surface area contributed by atoms with Crippen molar-refractivity contribution in [1.82, 2.24) is 0 Å². The SMILES string of the molecule is [CH2-]C[Si]C.[CH3-].[Y].[Y].[Y].[Y].[Y].[Y].[Y].[Y].[Y]. The van der Waals surface area contributed by atoms with Crippen LogP contribution in [0.2, 0.25) is 12.6 Å². The number of hydrogen-bond donors (Lipinski definition) is 0. The third kappa shape index (κ3) is 79.7. The van der Waals surface area contributed by atoms with Crippen molar-refractivity contribution in [3.63, 3.8) is 0 Å². The third-order valence-corrected chi connectivity index (χ3v) is 0.750. The summed E-state index contributed by atoms with van der Waals surface area (Å²) in [6.45, 7) is 5.76. The molecular formula is C4H10SiY9-2. The maximum Gasteiger partial charge on any atom is 0.000707 e. The van der Waals surface area contributed by atoms with E-state index < -0.39 is 0 Å². The zero-order valence-electron chi connectivity index (χ0n) is 9.11. The quantitative estimate of drug-likeness (QED) is 0.277. The first-order chi connectivity index (χ1) is 1.91. The summed E-state index contributed by atoms with van der Waals surface area (Å²) in [5.41, 5.74) is 0. The Morgan fingerprint density at radius 1 is 0.714 bits per heavy atom. The average Bonchev–Trinajstić information content (AvgIpc) is 1.37. The van der Waals surface area contributed by atoms with E-state index in [0.29, 0.717) is 0 Å². The molecule has 59 valence electrons. The van der Waals surface area contributed by atoms with Crippen LogP contribution in [0.15, 0.2) is 0 Å². The van der Waals surface area contributed by atoms with Gasteiger partial charge in [-0.1, -0.05) is 6.55 Å². The summed E-state index contributed by atoms with van der Waals surface area (Å²) in [5, 5.41) is 0. The van der Waals surface area contributed by atoms with Crippen molar-refractivity contribution >= 4 is 9.52 Å². The molecule has 0 aromatic rings. The standard InChI is InChI=1S/C3H7Si.CH3.9Y/c1-3-4-2;;;;;;;;;;/h1,3H2,2H3;1H3;;;;;;;;;/q2*-1;;;;;;;;;. The first kappa shape index (κ1) is 74.8. The van der Waals surface area contributed by atoms with Crippen LogP contribution in [0.4, 0.5) is 0 Å². The summed E-state index contributed by atoms with van der Waals surface area (Å²) < 4.78 is 0. The summed E-state index contributed by atoms with van der Waals surface area (Å²) in [6.07, 6.45) is 0. The molecule has 0 nitrogen and oxygen atoms in total. The molecule has 0 spiro atoms. The monoisotopic (exact) mass is 886 g/mol. The topological polar surface area (TPSA) is 0 Å². The number of hydrogen-bond acceptors (Lipinski definition) is 0. The van der Waals surface area contributed by atoms with Crippen LogP contribution in [-0.2, 0) is 294 Å². The Morgan fingerprint density at radius 3 is 0.786 bits per heavy atom. The molecule has 0 aromatic heterocycles. The van der Waals surface area contributed by atoms with Gasteiger partial charge < -0.3 is 14.4 Å². The van der Waals surface area contributed by atoms with Crippen LogP contribution in [0.1, 0.15) is 0 Å². The first-order valence-electron chi connectivity index (χ1n) is 1.35. The molecular weight excluding hydrogens is 876 g/mol. The molecule has 10 heteroatoms. The Balaban J connectivity index is -0.000000001000. The molecule has 0 saturated carbocycles. The molecule has 11 radical (unpaired) electrons. The molecule has 0 heterocycles. The van der Waals surface area contributed by atoms with Crippen LogP contribution in [0, 0.1) is 14.4 Å². The van der Waals surface area contributed by atoms with E-state index in [0.717, 1.165) is 15.6 Å². The summed E-state index contributed by atoms with van der Waals surface area (Å²) in [4.78, 5) is 0. The van der Waals surface area contributed by atoms with E-state index in [1.807, 2.05) is 0 Å². The van der Waals surface area contributed by atoms with Crippen molar-refractivity contribution < 1.29 is 294 Å². The fourth-order valence-electron chi connectivity index (χ4n) is 0. The molecule has 0 unspecified atom stereocenters. The van der Waals surface area contributed by atoms with Crippen molar-refractivity contribution in [3.05, 3.63) is 14.4 Å². The van der Waals surface area contributed by atoms with Crippen LogP contribution in [0.25, 0.3) is 0 Å². The predicted octanol–water partition coefficient (Wildman–Crippen LogP) is 1.42. The van der Waals surface area contributed by atoms with Gasteiger partial charge in [0.25, 0.3) is 0 Å². The minimum atomic E-state index is 0. The Hall–Kier alpha value is 10.2. The average molecular weight is 886 g/mol. The zero-order chi connectivity index (χ0) is 3.41. The molecule has 0 aliphatic carbocycles. The summed E-state index contributed by atoms with van der Waals surface area (Å²) >= 11 is 0. The first-order valence-corrected chi connectivity index (χ1v) is 3.06. The van der Waals surface area contributed by atoms with Gasteiger partial charge in [-0.2, -0.15) is 6.04 Å². The third-order valence-electron chi connectivity index (χ3n) is 0.250. The minimum Gasteiger partial charge on any atom is -0.358 e. The van der Waals surface area contributed by atoms with Crippen LogP contribution in [-0.4, -0.2) is 9.52 Å². The van der Waals surface area contributed by atoms with E-state index in [-0.39, 0.29) is 302 Å². The van der Waals surface area contributed by atoms with Gasteiger partial charge in [0.1, 0.15) is 0 Å². The van der Waals surface area contributed by atoms with E-state index >= 15 is 0 Å². The smallest absolute Gasteiger partial charge is 0.000707 e. The van der Waals surface area contributed by atoms with Gasteiger partial charge in [-0.3, -0.25) is 0 Å². The van der Waals surface area contributed by atoms with E-state index in [2.05, 4.69) is 13.5 Å². The second-order valence-corrected chi connectivity index (χ2v) is 1.81. The Labute approximate surface area is 320 Å². The zero-order valence-corrected chi connectivity index (χ0v) is 35.7. The van der Waals surface area contributed by atoms with Gasteiger partial charge in [-0.15, -0.1) is 0 Å². The fourth-order valence-corrected chi connectivity index (χ4v) is 0. The minimum absolute atomic E-state index is 0. The van der Waals surface area contributed by atoms with E-state index in [1.165, 1.54) is 0 Å². The largest absolute Gasteiger partial charge is 0.358 e. The van der Waals surface area contributed by atoms with E-state index in [1.54, 1.807) is 0 Å². The Morgan fingerprint density at radius 2 is 0.786 bits per heavy atom. The summed E-state index contributed by atoms with van der Waals surface area (Å²) in [5.74, 6) is 0. The molecule has 14 heavy (non-hydrogen) atoms. The van der Waals surface area contributed by atoms with Gasteiger partial charge in [0.2, 0.25) is 0 Å². The van der Waals surface area contributed by atoms with Gasteiger partial charge in [0, 0.05) is 304 Å². The molecule has 0 rings (SSSR count). The van der Waals surface area contributed by atoms with Gasteiger partial charge in [-0.05, 0) is 0 Å². The molecule has 0 aromatic carbocycles. The van der Waals surface area contributed by atoms with Crippen molar-refractivity contribution in [3.8, 4) is 0 Å². The fraction of sp³-hybridized carbons (Fsp3) is 0.500. The molecule has 0 atom stereocenters. The summed E-state index contributed by atoms with van der Waals surface area (Å²) in [6, 6.07) is 1.10. The molecule has 0 bridgehead atoms. The van der Waals surface area contributed by atoms with Crippen molar-refractivity contribution in [2.45, 2.75) is 12.6 Å². The molecule has 0 saturated heterocycles. The van der Waals surface area contributed by atoms with Crippen LogP contribution >= 0.6 is 0 Å². The molecule has 0 fully saturated rings. The van der Waals surface area contributed by atoms with Crippen LogP contribution in [0.3, 0.4) is 0 Å². The maximum atomic E-state index is 3.62. The number of rotatable bonds is 1.